The summed E-state index contributed by atoms with van der Waals surface area (Å²) in [5.74, 6) is -3.16. The molecule has 1 heterocycles. The number of pyridine rings is 1. The first kappa shape index (κ1) is 21.0. The van der Waals surface area contributed by atoms with Crippen molar-refractivity contribution in [2.45, 2.75) is 26.3 Å². The molecule has 0 aliphatic carbocycles. The third-order valence-electron chi connectivity index (χ3n) is 4.20. The van der Waals surface area contributed by atoms with Gasteiger partial charge in [-0.05, 0) is 19.4 Å². The monoisotopic (exact) mass is 387 g/mol. The molecule has 8 nitrogen and oxygen atoms in total. The molecular weight excluding hydrogens is 364 g/mol. The second-order valence-corrected chi connectivity index (χ2v) is 6.01. The highest BCUT2D eigenvalue weighted by atomic mass is 16.6. The van der Waals surface area contributed by atoms with Crippen LogP contribution in [0.2, 0.25) is 0 Å². The molecule has 0 saturated carbocycles. The number of hydrogen-bond donors (Lipinski definition) is 0. The average Bonchev–Trinajstić information content (AvgIpc) is 2.69. The molecule has 0 aliphatic heterocycles. The highest BCUT2D eigenvalue weighted by Crippen LogP contribution is 2.29. The Labute approximate surface area is 162 Å². The molecule has 0 aliphatic rings. The topological polar surface area (TPSA) is 99.6 Å². The van der Waals surface area contributed by atoms with Crippen LogP contribution in [0.1, 0.15) is 25.3 Å². The molecule has 1 unspecified atom stereocenters. The summed E-state index contributed by atoms with van der Waals surface area (Å²) in [6.07, 6.45) is 3.62. The number of ether oxygens (including phenoxy) is 2. The molecule has 0 N–H and O–H groups in total. The van der Waals surface area contributed by atoms with Gasteiger partial charge in [-0.2, -0.15) is 0 Å². The summed E-state index contributed by atoms with van der Waals surface area (Å²) in [5.41, 5.74) is 0.534. The van der Waals surface area contributed by atoms with Crippen molar-refractivity contribution in [3.05, 3.63) is 70.5 Å². The van der Waals surface area contributed by atoms with Crippen LogP contribution in [0.25, 0.3) is 0 Å². The maximum Gasteiger partial charge on any atom is 0.321 e. The van der Waals surface area contributed by atoms with Crippen molar-refractivity contribution in [1.29, 1.82) is 0 Å². The third kappa shape index (κ3) is 5.35. The number of nitro groups is 1. The lowest BCUT2D eigenvalue weighted by Crippen LogP contribution is -2.43. The van der Waals surface area contributed by atoms with E-state index in [1.54, 1.807) is 26.0 Å². The molecule has 0 bridgehead atoms. The van der Waals surface area contributed by atoms with Gasteiger partial charge >= 0.3 is 11.9 Å². The van der Waals surface area contributed by atoms with Crippen molar-refractivity contribution in [3.63, 3.8) is 0 Å². The van der Waals surface area contributed by atoms with Gasteiger partial charge in [-0.25, -0.2) is 4.57 Å². The van der Waals surface area contributed by atoms with Gasteiger partial charge in [0.25, 0.3) is 5.69 Å². The van der Waals surface area contributed by atoms with Gasteiger partial charge in [0, 0.05) is 24.3 Å². The lowest BCUT2D eigenvalue weighted by molar-refractivity contribution is -0.700. The quantitative estimate of drug-likeness (QED) is 0.215. The Bertz CT molecular complexity index is 789. The van der Waals surface area contributed by atoms with Crippen molar-refractivity contribution in [3.8, 4) is 0 Å². The standard InChI is InChI=1S/C20H23N2O6/c1-3-27-19(23)18(20(24)28-4-2)17(14-21-12-6-5-7-13-21)15-8-10-16(11-9-15)22(25)26/h5-13,17-18H,3-4,14H2,1-2H3/q+1. The van der Waals surface area contributed by atoms with E-state index in [0.29, 0.717) is 12.1 Å². The number of hydrogen-bond acceptors (Lipinski definition) is 6. The minimum absolute atomic E-state index is 0.0707. The van der Waals surface area contributed by atoms with Crippen LogP contribution in [-0.2, 0) is 25.6 Å². The Hall–Kier alpha value is -3.29. The fraction of sp³-hybridized carbons (Fsp3) is 0.350. The number of nitrogens with zero attached hydrogens (tertiary/aromatic N) is 2. The van der Waals surface area contributed by atoms with Gasteiger partial charge in [-0.3, -0.25) is 19.7 Å². The molecule has 0 saturated heterocycles. The fourth-order valence-corrected chi connectivity index (χ4v) is 2.92. The second-order valence-electron chi connectivity index (χ2n) is 6.01. The van der Waals surface area contributed by atoms with Gasteiger partial charge in [-0.1, -0.05) is 18.2 Å². The Kier molecular flexibility index (Phi) is 7.62. The molecule has 0 amide bonds. The maximum absolute atomic E-state index is 12.6. The van der Waals surface area contributed by atoms with Crippen molar-refractivity contribution in [2.75, 3.05) is 13.2 Å². The van der Waals surface area contributed by atoms with Gasteiger partial charge in [0.15, 0.2) is 24.9 Å². The first-order valence-corrected chi connectivity index (χ1v) is 8.99. The molecule has 0 radical (unpaired) electrons. The molecular formula is C20H23N2O6+. The van der Waals surface area contributed by atoms with E-state index in [9.17, 15) is 19.7 Å². The fourth-order valence-electron chi connectivity index (χ4n) is 2.92. The van der Waals surface area contributed by atoms with Crippen LogP contribution in [0, 0.1) is 16.0 Å². The zero-order chi connectivity index (χ0) is 20.5. The molecule has 2 aromatic rings. The van der Waals surface area contributed by atoms with E-state index in [2.05, 4.69) is 0 Å². The Balaban J connectivity index is 2.47. The van der Waals surface area contributed by atoms with E-state index in [-0.39, 0.29) is 18.9 Å². The van der Waals surface area contributed by atoms with Gasteiger partial charge in [0.05, 0.1) is 24.1 Å². The Morgan fingerprint density at radius 1 is 1.00 bits per heavy atom. The van der Waals surface area contributed by atoms with Crippen LogP contribution < -0.4 is 4.57 Å². The molecule has 1 aromatic carbocycles. The van der Waals surface area contributed by atoms with E-state index >= 15 is 0 Å². The van der Waals surface area contributed by atoms with Crippen LogP contribution >= 0.6 is 0 Å². The number of esters is 2. The number of nitro benzene ring substituents is 1. The number of benzene rings is 1. The summed E-state index contributed by atoms with van der Waals surface area (Å²) < 4.78 is 12.1. The second kappa shape index (κ2) is 10.1. The molecule has 2 rings (SSSR count). The van der Waals surface area contributed by atoms with Crippen LogP contribution in [0.4, 0.5) is 5.69 Å². The summed E-state index contributed by atoms with van der Waals surface area (Å²) in [5, 5.41) is 10.9. The summed E-state index contributed by atoms with van der Waals surface area (Å²) in [7, 11) is 0. The third-order valence-corrected chi connectivity index (χ3v) is 4.20. The van der Waals surface area contributed by atoms with Crippen LogP contribution in [0.5, 0.6) is 0 Å². The number of carbonyl (C=O) groups excluding carboxylic acids is 2. The highest BCUT2D eigenvalue weighted by molar-refractivity contribution is 5.96. The normalized spacial score (nSPS) is 11.7. The van der Waals surface area contributed by atoms with E-state index in [1.165, 1.54) is 12.1 Å². The van der Waals surface area contributed by atoms with Gasteiger partial charge in [-0.15, -0.1) is 0 Å². The lowest BCUT2D eigenvalue weighted by Gasteiger charge is -2.22. The zero-order valence-corrected chi connectivity index (χ0v) is 15.8. The van der Waals surface area contributed by atoms with Gasteiger partial charge in [0.2, 0.25) is 0 Å². The minimum atomic E-state index is -1.19. The number of aromatic nitrogens is 1. The Morgan fingerprint density at radius 2 is 1.54 bits per heavy atom. The van der Waals surface area contributed by atoms with E-state index in [0.717, 1.165) is 0 Å². The molecule has 1 atom stereocenters. The molecule has 0 spiro atoms. The highest BCUT2D eigenvalue weighted by Gasteiger charge is 2.40. The first-order valence-electron chi connectivity index (χ1n) is 8.99. The number of carbonyl (C=O) groups is 2. The largest absolute Gasteiger partial charge is 0.465 e. The maximum atomic E-state index is 12.6. The van der Waals surface area contributed by atoms with Crippen molar-refractivity contribution in [1.82, 2.24) is 0 Å². The molecule has 148 valence electrons. The summed E-state index contributed by atoms with van der Waals surface area (Å²) in [6.45, 7) is 3.86. The summed E-state index contributed by atoms with van der Waals surface area (Å²) >= 11 is 0. The number of non-ortho nitro benzene ring substituents is 1. The summed E-state index contributed by atoms with van der Waals surface area (Å²) in [6, 6.07) is 11.3. The Morgan fingerprint density at radius 3 is 2.00 bits per heavy atom. The van der Waals surface area contributed by atoms with Crippen LogP contribution in [0.3, 0.4) is 0 Å². The molecule has 8 heteroatoms. The SMILES string of the molecule is CCOC(=O)C(C(=O)OCC)C(C[n+]1ccccc1)c1ccc([N+](=O)[O-])cc1. The van der Waals surface area contributed by atoms with Crippen LogP contribution in [-0.4, -0.2) is 30.1 Å². The molecule has 28 heavy (non-hydrogen) atoms. The minimum Gasteiger partial charge on any atom is -0.465 e. The predicted octanol–water partition coefficient (Wildman–Crippen LogP) is 2.41. The van der Waals surface area contributed by atoms with Crippen molar-refractivity contribution < 1.29 is 28.6 Å². The predicted molar refractivity (Wildman–Crippen MR) is 99.2 cm³/mol. The van der Waals surface area contributed by atoms with Crippen molar-refractivity contribution >= 4 is 17.6 Å². The smallest absolute Gasteiger partial charge is 0.321 e. The molecule has 1 aromatic heterocycles. The van der Waals surface area contributed by atoms with Crippen LogP contribution in [0.15, 0.2) is 54.9 Å². The zero-order valence-electron chi connectivity index (χ0n) is 15.8. The summed E-state index contributed by atoms with van der Waals surface area (Å²) in [4.78, 5) is 35.6. The van der Waals surface area contributed by atoms with Gasteiger partial charge in [0.1, 0.15) is 0 Å². The molecule has 0 fully saturated rings. The van der Waals surface area contributed by atoms with E-state index in [4.69, 9.17) is 9.47 Å². The van der Waals surface area contributed by atoms with E-state index < -0.39 is 28.7 Å². The van der Waals surface area contributed by atoms with E-state index in [1.807, 2.05) is 35.2 Å². The van der Waals surface area contributed by atoms with Crippen molar-refractivity contribution in [2.24, 2.45) is 5.92 Å². The van der Waals surface area contributed by atoms with Gasteiger partial charge < -0.3 is 9.47 Å². The number of rotatable bonds is 9. The average molecular weight is 387 g/mol. The first-order chi connectivity index (χ1) is 13.5. The lowest BCUT2D eigenvalue weighted by atomic mass is 9.85.